The molecule has 7 heteroatoms. The van der Waals surface area contributed by atoms with E-state index in [-0.39, 0.29) is 24.2 Å². The molecule has 0 aliphatic carbocycles. The molecule has 2 saturated heterocycles. The van der Waals surface area contributed by atoms with Crippen molar-refractivity contribution in [3.05, 3.63) is 36.5 Å². The first-order valence-corrected chi connectivity index (χ1v) is 9.43. The van der Waals surface area contributed by atoms with E-state index in [0.29, 0.717) is 18.8 Å². The number of benzene rings is 1. The molecule has 2 aliphatic rings. The van der Waals surface area contributed by atoms with Crippen LogP contribution in [0.3, 0.4) is 0 Å². The summed E-state index contributed by atoms with van der Waals surface area (Å²) < 4.78 is 5.35. The van der Waals surface area contributed by atoms with Crippen LogP contribution in [0.15, 0.2) is 36.5 Å². The number of morpholine rings is 1. The minimum atomic E-state index is -0.318. The Bertz CT molecular complexity index is 830. The lowest BCUT2D eigenvalue weighted by molar-refractivity contribution is -0.128. The van der Waals surface area contributed by atoms with Crippen LogP contribution in [0.2, 0.25) is 0 Å². The number of fused-ring (bicyclic) bond motifs is 1. The van der Waals surface area contributed by atoms with Crippen molar-refractivity contribution in [1.82, 2.24) is 14.8 Å². The van der Waals surface area contributed by atoms with Crippen molar-refractivity contribution in [1.29, 1.82) is 0 Å². The van der Waals surface area contributed by atoms with Gasteiger partial charge in [-0.05, 0) is 12.1 Å². The second-order valence-corrected chi connectivity index (χ2v) is 7.06. The van der Waals surface area contributed by atoms with E-state index in [0.717, 1.165) is 43.8 Å². The number of rotatable bonds is 5. The lowest BCUT2D eigenvalue weighted by Gasteiger charge is -2.28. The number of carbonyl (C=O) groups is 2. The van der Waals surface area contributed by atoms with Crippen molar-refractivity contribution in [2.24, 2.45) is 5.92 Å². The fourth-order valence-electron chi connectivity index (χ4n) is 3.69. The largest absolute Gasteiger partial charge is 0.379 e. The van der Waals surface area contributed by atoms with E-state index in [1.54, 1.807) is 11.1 Å². The summed E-state index contributed by atoms with van der Waals surface area (Å²) in [6, 6.07) is 9.54. The Labute approximate surface area is 158 Å². The number of carbonyl (C=O) groups excluding carboxylic acids is 2. The third kappa shape index (κ3) is 4.09. The second-order valence-electron chi connectivity index (χ2n) is 7.06. The predicted octanol–water partition coefficient (Wildman–Crippen LogP) is 1.35. The second kappa shape index (κ2) is 8.02. The Morgan fingerprint density at radius 2 is 2.00 bits per heavy atom. The molecule has 0 radical (unpaired) electrons. The highest BCUT2D eigenvalue weighted by Gasteiger charge is 2.34. The Morgan fingerprint density at radius 3 is 2.85 bits per heavy atom. The Kier molecular flexibility index (Phi) is 5.31. The van der Waals surface area contributed by atoms with Crippen molar-refractivity contribution in [2.45, 2.75) is 6.42 Å². The van der Waals surface area contributed by atoms with Crippen LogP contribution in [-0.2, 0) is 14.3 Å². The number of ether oxygens (including phenoxy) is 1. The average molecular weight is 368 g/mol. The molecule has 4 rings (SSSR count). The average Bonchev–Trinajstić information content (AvgIpc) is 3.08. The molecule has 2 amide bonds. The Hall–Kier alpha value is -2.51. The highest BCUT2D eigenvalue weighted by Crippen LogP contribution is 2.24. The minimum absolute atomic E-state index is 0.0551. The molecule has 2 aromatic rings. The van der Waals surface area contributed by atoms with Crippen molar-refractivity contribution in [3.63, 3.8) is 0 Å². The molecule has 142 valence electrons. The van der Waals surface area contributed by atoms with Crippen LogP contribution in [0.5, 0.6) is 0 Å². The van der Waals surface area contributed by atoms with Gasteiger partial charge >= 0.3 is 0 Å². The van der Waals surface area contributed by atoms with Crippen LogP contribution < -0.4 is 5.32 Å². The summed E-state index contributed by atoms with van der Waals surface area (Å²) in [7, 11) is 0. The molecule has 1 unspecified atom stereocenters. The lowest BCUT2D eigenvalue weighted by Crippen LogP contribution is -2.42. The number of hydrogen-bond acceptors (Lipinski definition) is 5. The number of aromatic nitrogens is 1. The number of amides is 2. The molecule has 1 atom stereocenters. The van der Waals surface area contributed by atoms with E-state index < -0.39 is 0 Å². The van der Waals surface area contributed by atoms with Gasteiger partial charge in [-0.25, -0.2) is 0 Å². The van der Waals surface area contributed by atoms with Crippen LogP contribution in [0.4, 0.5) is 5.69 Å². The summed E-state index contributed by atoms with van der Waals surface area (Å²) in [6.45, 7) is 5.28. The summed E-state index contributed by atoms with van der Waals surface area (Å²) in [5.74, 6) is -0.379. The zero-order valence-corrected chi connectivity index (χ0v) is 15.3. The first kappa shape index (κ1) is 17.9. The maximum atomic E-state index is 12.7. The quantitative estimate of drug-likeness (QED) is 0.862. The summed E-state index contributed by atoms with van der Waals surface area (Å²) in [6.07, 6.45) is 1.98. The van der Waals surface area contributed by atoms with Gasteiger partial charge in [0.2, 0.25) is 11.8 Å². The van der Waals surface area contributed by atoms with Gasteiger partial charge in [0.05, 0.1) is 30.3 Å². The SMILES string of the molecule is O=C(Nc1cccc2cccnc12)C1CC(=O)N(CCN2CCOCC2)C1. The van der Waals surface area contributed by atoms with E-state index >= 15 is 0 Å². The summed E-state index contributed by atoms with van der Waals surface area (Å²) in [5, 5.41) is 3.94. The van der Waals surface area contributed by atoms with E-state index in [1.807, 2.05) is 30.3 Å². The van der Waals surface area contributed by atoms with Crippen molar-refractivity contribution < 1.29 is 14.3 Å². The normalized spacial score (nSPS) is 21.0. The van der Waals surface area contributed by atoms with Crippen LogP contribution >= 0.6 is 0 Å². The molecule has 0 spiro atoms. The number of nitrogens with zero attached hydrogens (tertiary/aromatic N) is 3. The topological polar surface area (TPSA) is 74.8 Å². The van der Waals surface area contributed by atoms with Crippen LogP contribution in [0.1, 0.15) is 6.42 Å². The molecule has 1 aromatic heterocycles. The highest BCUT2D eigenvalue weighted by atomic mass is 16.5. The van der Waals surface area contributed by atoms with Gasteiger partial charge in [-0.1, -0.05) is 18.2 Å². The molecular formula is C20H24N4O3. The van der Waals surface area contributed by atoms with Gasteiger partial charge in [-0.15, -0.1) is 0 Å². The molecule has 27 heavy (non-hydrogen) atoms. The van der Waals surface area contributed by atoms with Gasteiger partial charge in [0.1, 0.15) is 0 Å². The van der Waals surface area contributed by atoms with E-state index in [9.17, 15) is 9.59 Å². The smallest absolute Gasteiger partial charge is 0.229 e. The third-order valence-electron chi connectivity index (χ3n) is 5.27. The molecule has 0 saturated carbocycles. The maximum absolute atomic E-state index is 12.7. The molecule has 0 bridgehead atoms. The van der Waals surface area contributed by atoms with Crippen LogP contribution in [0.25, 0.3) is 10.9 Å². The molecule has 2 aliphatic heterocycles. The van der Waals surface area contributed by atoms with Gasteiger partial charge in [0, 0.05) is 50.7 Å². The fraction of sp³-hybridized carbons (Fsp3) is 0.450. The van der Waals surface area contributed by atoms with Gasteiger partial charge in [-0.3, -0.25) is 19.5 Å². The summed E-state index contributed by atoms with van der Waals surface area (Å²) in [4.78, 5) is 33.5. The third-order valence-corrected chi connectivity index (χ3v) is 5.27. The van der Waals surface area contributed by atoms with E-state index in [2.05, 4.69) is 15.2 Å². The molecular weight excluding hydrogens is 344 g/mol. The van der Waals surface area contributed by atoms with Gasteiger partial charge in [0.25, 0.3) is 0 Å². The fourth-order valence-corrected chi connectivity index (χ4v) is 3.69. The number of nitrogens with one attached hydrogen (secondary N) is 1. The predicted molar refractivity (Wildman–Crippen MR) is 102 cm³/mol. The first-order valence-electron chi connectivity index (χ1n) is 9.43. The summed E-state index contributed by atoms with van der Waals surface area (Å²) >= 11 is 0. The number of likely N-dealkylation sites (tertiary alicyclic amines) is 1. The zero-order chi connectivity index (χ0) is 18.6. The number of pyridine rings is 1. The van der Waals surface area contributed by atoms with Crippen LogP contribution in [0, 0.1) is 5.92 Å². The zero-order valence-electron chi connectivity index (χ0n) is 15.3. The first-order chi connectivity index (χ1) is 13.2. The highest BCUT2D eigenvalue weighted by molar-refractivity contribution is 6.02. The number of anilines is 1. The number of hydrogen-bond donors (Lipinski definition) is 1. The van der Waals surface area contributed by atoms with Gasteiger partial charge in [-0.2, -0.15) is 0 Å². The minimum Gasteiger partial charge on any atom is -0.379 e. The van der Waals surface area contributed by atoms with E-state index in [4.69, 9.17) is 4.74 Å². The van der Waals surface area contributed by atoms with Crippen molar-refractivity contribution in [2.75, 3.05) is 51.3 Å². The summed E-state index contributed by atoms with van der Waals surface area (Å²) in [5.41, 5.74) is 1.46. The van der Waals surface area contributed by atoms with Crippen molar-refractivity contribution in [3.8, 4) is 0 Å². The van der Waals surface area contributed by atoms with Crippen molar-refractivity contribution >= 4 is 28.4 Å². The Balaban J connectivity index is 1.36. The standard InChI is InChI=1S/C20H24N4O3/c25-18-13-16(14-24(18)8-7-23-9-11-27-12-10-23)20(26)22-17-5-1-3-15-4-2-6-21-19(15)17/h1-6,16H,7-14H2,(H,22,26). The maximum Gasteiger partial charge on any atom is 0.229 e. The Morgan fingerprint density at radius 1 is 1.19 bits per heavy atom. The molecule has 2 fully saturated rings. The lowest BCUT2D eigenvalue weighted by atomic mass is 10.1. The monoisotopic (exact) mass is 368 g/mol. The van der Waals surface area contributed by atoms with Gasteiger partial charge in [0.15, 0.2) is 0 Å². The molecule has 3 heterocycles. The van der Waals surface area contributed by atoms with E-state index in [1.165, 1.54) is 0 Å². The molecule has 7 nitrogen and oxygen atoms in total. The van der Waals surface area contributed by atoms with Gasteiger partial charge < -0.3 is 15.0 Å². The number of para-hydroxylation sites is 1. The molecule has 1 aromatic carbocycles. The molecule has 1 N–H and O–H groups in total. The van der Waals surface area contributed by atoms with Crippen LogP contribution in [-0.4, -0.2) is 72.5 Å².